The number of rotatable bonds is 2. The SMILES string of the molecule is CC(C)(C)COC1CCCC2(C1)N=c1ccccc1=N2. The van der Waals surface area contributed by atoms with Crippen molar-refractivity contribution in [3.05, 3.63) is 35.0 Å². The van der Waals surface area contributed by atoms with Crippen LogP contribution in [0.15, 0.2) is 34.3 Å². The van der Waals surface area contributed by atoms with Crippen LogP contribution in [0.4, 0.5) is 0 Å². The Morgan fingerprint density at radius 3 is 2.45 bits per heavy atom. The highest BCUT2D eigenvalue weighted by molar-refractivity contribution is 5.09. The molecule has 3 heteroatoms. The topological polar surface area (TPSA) is 34.0 Å². The van der Waals surface area contributed by atoms with E-state index in [-0.39, 0.29) is 11.1 Å². The fourth-order valence-electron chi connectivity index (χ4n) is 3.02. The summed E-state index contributed by atoms with van der Waals surface area (Å²) in [6.07, 6.45) is 4.56. The number of para-hydroxylation sites is 2. The number of hydrogen-bond donors (Lipinski definition) is 0. The first-order valence-electron chi connectivity index (χ1n) is 7.62. The van der Waals surface area contributed by atoms with Crippen molar-refractivity contribution in [1.82, 2.24) is 0 Å². The molecular weight excluding hydrogens is 248 g/mol. The van der Waals surface area contributed by atoms with Crippen LogP contribution in [0.5, 0.6) is 0 Å². The molecule has 0 radical (unpaired) electrons. The highest BCUT2D eigenvalue weighted by atomic mass is 16.5. The van der Waals surface area contributed by atoms with E-state index in [1.54, 1.807) is 0 Å². The van der Waals surface area contributed by atoms with Gasteiger partial charge in [-0.2, -0.15) is 0 Å². The molecule has 1 saturated carbocycles. The summed E-state index contributed by atoms with van der Waals surface area (Å²) in [5.74, 6) is 0. The molecule has 1 atom stereocenters. The lowest BCUT2D eigenvalue weighted by atomic mass is 9.87. The number of hydrogen-bond acceptors (Lipinski definition) is 3. The van der Waals surface area contributed by atoms with Gasteiger partial charge >= 0.3 is 0 Å². The summed E-state index contributed by atoms with van der Waals surface area (Å²) in [5, 5.41) is 2.09. The predicted octanol–water partition coefficient (Wildman–Crippen LogP) is 2.64. The highest BCUT2D eigenvalue weighted by Crippen LogP contribution is 2.35. The molecule has 3 rings (SSSR count). The second kappa shape index (κ2) is 4.96. The van der Waals surface area contributed by atoms with Gasteiger partial charge in [-0.05, 0) is 36.8 Å². The van der Waals surface area contributed by atoms with Crippen LogP contribution < -0.4 is 10.7 Å². The third-order valence-corrected chi connectivity index (χ3v) is 3.95. The third-order valence-electron chi connectivity index (χ3n) is 3.95. The number of fused-ring (bicyclic) bond motifs is 1. The van der Waals surface area contributed by atoms with E-state index in [4.69, 9.17) is 14.7 Å². The van der Waals surface area contributed by atoms with Crippen LogP contribution >= 0.6 is 0 Å². The lowest BCUT2D eigenvalue weighted by Gasteiger charge is -2.34. The Balaban J connectivity index is 1.75. The van der Waals surface area contributed by atoms with Crippen molar-refractivity contribution in [2.75, 3.05) is 6.61 Å². The normalized spacial score (nSPS) is 24.1. The first kappa shape index (κ1) is 13.7. The van der Waals surface area contributed by atoms with Gasteiger partial charge in [-0.3, -0.25) is 9.98 Å². The Hall–Kier alpha value is -1.22. The highest BCUT2D eigenvalue weighted by Gasteiger charge is 2.38. The average Bonchev–Trinajstić information content (AvgIpc) is 2.73. The van der Waals surface area contributed by atoms with Crippen molar-refractivity contribution < 1.29 is 4.74 Å². The summed E-state index contributed by atoms with van der Waals surface area (Å²) >= 11 is 0. The smallest absolute Gasteiger partial charge is 0.154 e. The van der Waals surface area contributed by atoms with Gasteiger partial charge in [0.25, 0.3) is 0 Å². The first-order chi connectivity index (χ1) is 9.46. The second-order valence-electron chi connectivity index (χ2n) is 7.28. The largest absolute Gasteiger partial charge is 0.378 e. The summed E-state index contributed by atoms with van der Waals surface area (Å²) in [7, 11) is 0. The van der Waals surface area contributed by atoms with Crippen LogP contribution in [0.25, 0.3) is 0 Å². The Morgan fingerprint density at radius 2 is 1.85 bits per heavy atom. The standard InChI is InChI=1S/C17H24N2O/c1-16(2,3)12-20-13-7-6-10-17(11-13)18-14-8-4-5-9-15(14)19-17/h4-5,8-9,13H,6-7,10-12H2,1-3H3. The fraction of sp³-hybridized carbons (Fsp3) is 0.647. The maximum absolute atomic E-state index is 6.11. The lowest BCUT2D eigenvalue weighted by Crippen LogP contribution is -2.36. The zero-order valence-electron chi connectivity index (χ0n) is 12.7. The molecule has 1 aromatic rings. The van der Waals surface area contributed by atoms with E-state index in [1.165, 1.54) is 0 Å². The molecule has 108 valence electrons. The Bertz CT molecular complexity index is 565. The van der Waals surface area contributed by atoms with E-state index in [9.17, 15) is 0 Å². The Labute approximate surface area is 120 Å². The molecule has 1 spiro atoms. The Kier molecular flexibility index (Phi) is 3.41. The zero-order valence-corrected chi connectivity index (χ0v) is 12.7. The zero-order chi connectivity index (χ0) is 14.2. The monoisotopic (exact) mass is 272 g/mol. The minimum absolute atomic E-state index is 0.220. The summed E-state index contributed by atoms with van der Waals surface area (Å²) < 4.78 is 6.11. The molecule has 0 saturated heterocycles. The molecule has 1 aromatic carbocycles. The van der Waals surface area contributed by atoms with Gasteiger partial charge in [0.2, 0.25) is 0 Å². The van der Waals surface area contributed by atoms with Crippen molar-refractivity contribution in [2.45, 2.75) is 58.2 Å². The van der Waals surface area contributed by atoms with Crippen molar-refractivity contribution in [2.24, 2.45) is 15.4 Å². The van der Waals surface area contributed by atoms with Crippen molar-refractivity contribution in [3.63, 3.8) is 0 Å². The number of ether oxygens (including phenoxy) is 1. The first-order valence-corrected chi connectivity index (χ1v) is 7.62. The quantitative estimate of drug-likeness (QED) is 0.815. The van der Waals surface area contributed by atoms with Gasteiger partial charge in [-0.25, -0.2) is 0 Å². The van der Waals surface area contributed by atoms with Gasteiger partial charge in [-0.15, -0.1) is 0 Å². The van der Waals surface area contributed by atoms with Crippen molar-refractivity contribution >= 4 is 0 Å². The molecule has 0 bridgehead atoms. The molecule has 1 aliphatic carbocycles. The van der Waals surface area contributed by atoms with E-state index in [1.807, 2.05) is 12.1 Å². The minimum atomic E-state index is -0.246. The molecule has 1 heterocycles. The molecule has 1 aliphatic heterocycles. The van der Waals surface area contributed by atoms with Gasteiger partial charge in [0.1, 0.15) is 0 Å². The molecule has 3 nitrogen and oxygen atoms in total. The van der Waals surface area contributed by atoms with Crippen LogP contribution in [0, 0.1) is 5.41 Å². The third kappa shape index (κ3) is 2.93. The number of benzene rings is 1. The summed E-state index contributed by atoms with van der Waals surface area (Å²) in [4.78, 5) is 9.78. The van der Waals surface area contributed by atoms with Gasteiger partial charge in [0.05, 0.1) is 23.4 Å². The van der Waals surface area contributed by atoms with Crippen LogP contribution in [0.1, 0.15) is 46.5 Å². The van der Waals surface area contributed by atoms with Gasteiger partial charge in [0.15, 0.2) is 5.66 Å². The predicted molar refractivity (Wildman–Crippen MR) is 79.1 cm³/mol. The molecule has 20 heavy (non-hydrogen) atoms. The number of nitrogens with zero attached hydrogens (tertiary/aromatic N) is 2. The van der Waals surface area contributed by atoms with E-state index < -0.39 is 0 Å². The lowest BCUT2D eigenvalue weighted by molar-refractivity contribution is -0.0245. The summed E-state index contributed by atoms with van der Waals surface area (Å²) in [6, 6.07) is 8.20. The van der Waals surface area contributed by atoms with Gasteiger partial charge in [-0.1, -0.05) is 32.9 Å². The summed E-state index contributed by atoms with van der Waals surface area (Å²) in [6.45, 7) is 7.45. The van der Waals surface area contributed by atoms with Crippen molar-refractivity contribution in [3.8, 4) is 0 Å². The molecule has 1 fully saturated rings. The van der Waals surface area contributed by atoms with Gasteiger partial charge in [0, 0.05) is 6.42 Å². The molecular formula is C17H24N2O. The molecule has 0 aromatic heterocycles. The Morgan fingerprint density at radius 1 is 1.20 bits per heavy atom. The van der Waals surface area contributed by atoms with Crippen LogP contribution in [0.3, 0.4) is 0 Å². The van der Waals surface area contributed by atoms with E-state index in [0.717, 1.165) is 43.0 Å². The van der Waals surface area contributed by atoms with E-state index in [0.29, 0.717) is 6.10 Å². The van der Waals surface area contributed by atoms with Gasteiger partial charge < -0.3 is 4.74 Å². The summed E-state index contributed by atoms with van der Waals surface area (Å²) in [5.41, 5.74) is -0.0258. The minimum Gasteiger partial charge on any atom is -0.378 e. The van der Waals surface area contributed by atoms with E-state index >= 15 is 0 Å². The van der Waals surface area contributed by atoms with Crippen LogP contribution in [-0.4, -0.2) is 18.4 Å². The molecule has 0 amide bonds. The maximum atomic E-state index is 6.11. The molecule has 2 aliphatic rings. The second-order valence-corrected chi connectivity index (χ2v) is 7.28. The van der Waals surface area contributed by atoms with Crippen LogP contribution in [0.2, 0.25) is 0 Å². The van der Waals surface area contributed by atoms with Crippen LogP contribution in [-0.2, 0) is 4.74 Å². The fourth-order valence-corrected chi connectivity index (χ4v) is 3.02. The molecule has 0 N–H and O–H groups in total. The molecule has 1 unspecified atom stereocenters. The van der Waals surface area contributed by atoms with Crippen molar-refractivity contribution in [1.29, 1.82) is 0 Å². The van der Waals surface area contributed by atoms with E-state index in [2.05, 4.69) is 32.9 Å². The average molecular weight is 272 g/mol. The maximum Gasteiger partial charge on any atom is 0.154 e.